The van der Waals surface area contributed by atoms with E-state index >= 15 is 0 Å². The topological polar surface area (TPSA) is 38.1 Å². The van der Waals surface area contributed by atoms with Gasteiger partial charge in [0.25, 0.3) is 0 Å². The number of para-hydroxylation sites is 1. The predicted octanol–water partition coefficient (Wildman–Crippen LogP) is 5.63. The zero-order chi connectivity index (χ0) is 19.5. The van der Waals surface area contributed by atoms with Crippen molar-refractivity contribution in [3.63, 3.8) is 0 Å². The average molecular weight is 392 g/mol. The number of hydrogen-bond acceptors (Lipinski definition) is 3. The largest absolute Gasteiger partial charge is 0.393 e. The molecule has 3 nitrogen and oxygen atoms in total. The molecule has 5 heteroatoms. The number of nitrogens with zero attached hydrogens (tertiary/aromatic N) is 2. The predicted molar refractivity (Wildman–Crippen MR) is 114 cm³/mol. The molecular weight excluding hydrogens is 371 g/mol. The summed E-state index contributed by atoms with van der Waals surface area (Å²) in [4.78, 5) is 0.978. The van der Waals surface area contributed by atoms with Crippen molar-refractivity contribution in [2.45, 2.75) is 24.6 Å². The molecule has 0 aliphatic rings. The van der Waals surface area contributed by atoms with Crippen LogP contribution in [-0.2, 0) is 6.67 Å². The second kappa shape index (κ2) is 8.17. The van der Waals surface area contributed by atoms with Gasteiger partial charge < -0.3 is 5.11 Å². The maximum Gasteiger partial charge on any atom is 0.115 e. The zero-order valence-corrected chi connectivity index (χ0v) is 16.4. The summed E-state index contributed by atoms with van der Waals surface area (Å²) in [7, 11) is 0. The average Bonchev–Trinajstić information content (AvgIpc) is 3.15. The number of benzene rings is 3. The van der Waals surface area contributed by atoms with Crippen molar-refractivity contribution in [3.05, 3.63) is 78.5 Å². The normalized spacial score (nSPS) is 12.4. The first-order chi connectivity index (χ1) is 13.7. The van der Waals surface area contributed by atoms with Crippen molar-refractivity contribution in [2.24, 2.45) is 0 Å². The Labute approximate surface area is 167 Å². The van der Waals surface area contributed by atoms with E-state index in [1.165, 1.54) is 0 Å². The Morgan fingerprint density at radius 1 is 1.07 bits per heavy atom. The molecule has 1 aromatic heterocycles. The third-order valence-electron chi connectivity index (χ3n) is 4.59. The van der Waals surface area contributed by atoms with E-state index in [1.54, 1.807) is 18.7 Å². The van der Waals surface area contributed by atoms with Crippen LogP contribution in [0.5, 0.6) is 0 Å². The molecule has 0 spiro atoms. The molecular formula is C23H21FN2OS. The van der Waals surface area contributed by atoms with E-state index < -0.39 is 12.8 Å². The van der Waals surface area contributed by atoms with Crippen LogP contribution in [-0.4, -0.2) is 26.7 Å². The standard InChI is InChI=1S/C23H21FN2OS/c1-16(27)15-28-22-9-5-6-18(13-24)23(22)17-10-11-21-19(12-17)14-25-26(21)20-7-3-2-4-8-20/h2-12,14,16,27H,13,15H2,1H3. The van der Waals surface area contributed by atoms with Gasteiger partial charge in [0, 0.05) is 21.6 Å². The van der Waals surface area contributed by atoms with Crippen molar-refractivity contribution in [3.8, 4) is 16.8 Å². The first kappa shape index (κ1) is 18.7. The van der Waals surface area contributed by atoms with Gasteiger partial charge in [-0.15, -0.1) is 11.8 Å². The number of aromatic nitrogens is 2. The maximum atomic E-state index is 13.7. The van der Waals surface area contributed by atoms with Gasteiger partial charge >= 0.3 is 0 Å². The summed E-state index contributed by atoms with van der Waals surface area (Å²) < 4.78 is 15.6. The summed E-state index contributed by atoms with van der Waals surface area (Å²) in [5.41, 5.74) is 4.52. The van der Waals surface area contributed by atoms with Crippen LogP contribution in [0.4, 0.5) is 4.39 Å². The Bertz CT molecular complexity index is 1090. The van der Waals surface area contributed by atoms with Crippen LogP contribution in [0, 0.1) is 0 Å². The Hall–Kier alpha value is -2.63. The van der Waals surface area contributed by atoms with Gasteiger partial charge in [-0.25, -0.2) is 9.07 Å². The van der Waals surface area contributed by atoms with Crippen LogP contribution in [0.3, 0.4) is 0 Å². The summed E-state index contributed by atoms with van der Waals surface area (Å²) in [6.45, 7) is 1.23. The van der Waals surface area contributed by atoms with Gasteiger partial charge in [0.15, 0.2) is 0 Å². The number of aliphatic hydroxyl groups is 1. The number of aliphatic hydroxyl groups excluding tert-OH is 1. The van der Waals surface area contributed by atoms with E-state index in [4.69, 9.17) is 0 Å². The van der Waals surface area contributed by atoms with Gasteiger partial charge in [0.2, 0.25) is 0 Å². The van der Waals surface area contributed by atoms with Crippen LogP contribution in [0.15, 0.2) is 77.8 Å². The van der Waals surface area contributed by atoms with Crippen molar-refractivity contribution in [1.82, 2.24) is 9.78 Å². The van der Waals surface area contributed by atoms with E-state index in [0.717, 1.165) is 32.6 Å². The molecule has 1 unspecified atom stereocenters. The molecule has 1 atom stereocenters. The second-order valence-electron chi connectivity index (χ2n) is 6.75. The molecule has 0 aliphatic carbocycles. The van der Waals surface area contributed by atoms with E-state index in [0.29, 0.717) is 11.3 Å². The minimum atomic E-state index is -0.528. The fourth-order valence-electron chi connectivity index (χ4n) is 3.31. The number of alkyl halides is 1. The molecule has 4 rings (SSSR count). The lowest BCUT2D eigenvalue weighted by Crippen LogP contribution is -2.03. The second-order valence-corrected chi connectivity index (χ2v) is 7.81. The third kappa shape index (κ3) is 3.68. The molecule has 4 aromatic rings. The minimum Gasteiger partial charge on any atom is -0.393 e. The van der Waals surface area contributed by atoms with Crippen molar-refractivity contribution < 1.29 is 9.50 Å². The highest BCUT2D eigenvalue weighted by Gasteiger charge is 2.14. The van der Waals surface area contributed by atoms with E-state index in [-0.39, 0.29) is 0 Å². The van der Waals surface area contributed by atoms with Gasteiger partial charge in [-0.05, 0) is 48.4 Å². The van der Waals surface area contributed by atoms with E-state index in [9.17, 15) is 9.50 Å². The quantitative estimate of drug-likeness (QED) is 0.432. The number of thioether (sulfide) groups is 1. The first-order valence-corrected chi connectivity index (χ1v) is 10.2. The van der Waals surface area contributed by atoms with Crippen LogP contribution < -0.4 is 0 Å². The van der Waals surface area contributed by atoms with Gasteiger partial charge in [-0.2, -0.15) is 5.10 Å². The Balaban J connectivity index is 1.80. The SMILES string of the molecule is CC(O)CSc1cccc(CF)c1-c1ccc2c(cnn2-c2ccccc2)c1. The number of hydrogen-bond donors (Lipinski definition) is 1. The first-order valence-electron chi connectivity index (χ1n) is 9.19. The lowest BCUT2D eigenvalue weighted by molar-refractivity contribution is 0.220. The molecule has 0 fully saturated rings. The molecule has 0 saturated heterocycles. The highest BCUT2D eigenvalue weighted by Crippen LogP contribution is 2.36. The molecule has 0 bridgehead atoms. The van der Waals surface area contributed by atoms with E-state index in [1.807, 2.05) is 71.5 Å². The van der Waals surface area contributed by atoms with Crippen molar-refractivity contribution in [1.29, 1.82) is 0 Å². The number of rotatable bonds is 6. The van der Waals surface area contributed by atoms with Gasteiger partial charge in [0.05, 0.1) is 23.5 Å². The monoisotopic (exact) mass is 392 g/mol. The Kier molecular flexibility index (Phi) is 5.46. The summed E-state index contributed by atoms with van der Waals surface area (Å²) in [6, 6.07) is 21.8. The lowest BCUT2D eigenvalue weighted by atomic mass is 9.99. The third-order valence-corrected chi connectivity index (χ3v) is 5.89. The molecule has 1 N–H and O–H groups in total. The molecule has 0 amide bonds. The smallest absolute Gasteiger partial charge is 0.115 e. The zero-order valence-electron chi connectivity index (χ0n) is 15.5. The molecule has 0 aliphatic heterocycles. The number of fused-ring (bicyclic) bond motifs is 1. The van der Waals surface area contributed by atoms with Crippen LogP contribution >= 0.6 is 11.8 Å². The molecule has 0 radical (unpaired) electrons. The summed E-state index contributed by atoms with van der Waals surface area (Å²) >= 11 is 1.55. The minimum absolute atomic E-state index is 0.418. The molecule has 0 saturated carbocycles. The van der Waals surface area contributed by atoms with Crippen molar-refractivity contribution >= 4 is 22.7 Å². The fraction of sp³-hybridized carbons (Fsp3) is 0.174. The molecule has 3 aromatic carbocycles. The van der Waals surface area contributed by atoms with Gasteiger partial charge in [-0.3, -0.25) is 0 Å². The van der Waals surface area contributed by atoms with Gasteiger partial charge in [-0.1, -0.05) is 36.4 Å². The molecule has 28 heavy (non-hydrogen) atoms. The van der Waals surface area contributed by atoms with Crippen LogP contribution in [0.2, 0.25) is 0 Å². The lowest BCUT2D eigenvalue weighted by Gasteiger charge is -2.14. The van der Waals surface area contributed by atoms with Crippen LogP contribution in [0.25, 0.3) is 27.7 Å². The maximum absolute atomic E-state index is 13.7. The molecule has 1 heterocycles. The van der Waals surface area contributed by atoms with Gasteiger partial charge in [0.1, 0.15) is 6.67 Å². The Morgan fingerprint density at radius 3 is 2.64 bits per heavy atom. The summed E-state index contributed by atoms with van der Waals surface area (Å²) in [5, 5.41) is 15.2. The van der Waals surface area contributed by atoms with E-state index in [2.05, 4.69) is 11.2 Å². The molecule has 142 valence electrons. The highest BCUT2D eigenvalue weighted by atomic mass is 32.2. The van der Waals surface area contributed by atoms with Crippen molar-refractivity contribution in [2.75, 3.05) is 5.75 Å². The fourth-order valence-corrected chi connectivity index (χ4v) is 4.30. The number of halogens is 1. The summed E-state index contributed by atoms with van der Waals surface area (Å²) in [5.74, 6) is 0.566. The summed E-state index contributed by atoms with van der Waals surface area (Å²) in [6.07, 6.45) is 1.42. The van der Waals surface area contributed by atoms with Crippen LogP contribution in [0.1, 0.15) is 12.5 Å². The highest BCUT2D eigenvalue weighted by molar-refractivity contribution is 7.99. The Morgan fingerprint density at radius 2 is 1.89 bits per heavy atom.